The Hall–Kier alpha value is -2.53. The highest BCUT2D eigenvalue weighted by Gasteiger charge is 2.23. The summed E-state index contributed by atoms with van der Waals surface area (Å²) in [6.45, 7) is 2.09. The molecule has 5 nitrogen and oxygen atoms in total. The molecule has 140 valence electrons. The fraction of sp³-hybridized carbons (Fsp3) is 0.409. The zero-order valence-electron chi connectivity index (χ0n) is 16.3. The van der Waals surface area contributed by atoms with Crippen LogP contribution in [0.3, 0.4) is 0 Å². The van der Waals surface area contributed by atoms with Gasteiger partial charge in [0.1, 0.15) is 12.1 Å². The zero-order valence-corrected chi connectivity index (χ0v) is 16.3. The van der Waals surface area contributed by atoms with Crippen LogP contribution in [-0.4, -0.2) is 46.0 Å². The van der Waals surface area contributed by atoms with Crippen LogP contribution in [0.2, 0.25) is 0 Å². The van der Waals surface area contributed by atoms with Crippen LogP contribution in [0.15, 0.2) is 43.0 Å². The molecule has 0 radical (unpaired) electrons. The molecule has 27 heavy (non-hydrogen) atoms. The van der Waals surface area contributed by atoms with Gasteiger partial charge in [0.25, 0.3) is 0 Å². The Morgan fingerprint density at radius 3 is 2.59 bits per heavy atom. The molecule has 0 spiro atoms. The summed E-state index contributed by atoms with van der Waals surface area (Å²) >= 11 is 0. The van der Waals surface area contributed by atoms with Crippen molar-refractivity contribution in [3.8, 4) is 11.1 Å². The number of aromatic nitrogens is 3. The molecule has 0 bridgehead atoms. The summed E-state index contributed by atoms with van der Waals surface area (Å²) in [5, 5.41) is 4.78. The zero-order chi connectivity index (χ0) is 18.8. The highest BCUT2D eigenvalue weighted by Crippen LogP contribution is 2.30. The number of rotatable bonds is 4. The molecule has 3 aromatic rings. The van der Waals surface area contributed by atoms with Crippen LogP contribution in [0.1, 0.15) is 31.2 Å². The van der Waals surface area contributed by atoms with Gasteiger partial charge in [-0.1, -0.05) is 6.07 Å². The first-order chi connectivity index (χ1) is 13.1. The molecule has 1 aliphatic rings. The first-order valence-electron chi connectivity index (χ1n) is 9.70. The van der Waals surface area contributed by atoms with Gasteiger partial charge in [-0.3, -0.25) is 4.98 Å². The van der Waals surface area contributed by atoms with Crippen LogP contribution in [0.4, 0.5) is 5.82 Å². The molecule has 1 fully saturated rings. The minimum absolute atomic E-state index is 0.477. The summed E-state index contributed by atoms with van der Waals surface area (Å²) in [7, 11) is 4.36. The Kier molecular flexibility index (Phi) is 5.03. The van der Waals surface area contributed by atoms with Gasteiger partial charge in [0, 0.05) is 29.9 Å². The number of pyridine rings is 1. The second-order valence-electron chi connectivity index (χ2n) is 7.76. The van der Waals surface area contributed by atoms with Crippen LogP contribution in [0.5, 0.6) is 0 Å². The number of anilines is 1. The van der Waals surface area contributed by atoms with Gasteiger partial charge in [-0.25, -0.2) is 9.97 Å². The van der Waals surface area contributed by atoms with Crippen molar-refractivity contribution in [3.05, 3.63) is 48.5 Å². The third-order valence-electron chi connectivity index (χ3n) is 5.73. The molecule has 0 amide bonds. The van der Waals surface area contributed by atoms with E-state index in [9.17, 15) is 0 Å². The van der Waals surface area contributed by atoms with Crippen LogP contribution in [0, 0.1) is 6.92 Å². The van der Waals surface area contributed by atoms with Crippen LogP contribution in [0.25, 0.3) is 22.0 Å². The molecule has 0 atom stereocenters. The molecule has 5 heteroatoms. The van der Waals surface area contributed by atoms with Crippen LogP contribution < -0.4 is 5.32 Å². The summed E-state index contributed by atoms with van der Waals surface area (Å²) in [4.78, 5) is 15.6. The van der Waals surface area contributed by atoms with Crippen molar-refractivity contribution in [2.75, 3.05) is 19.4 Å². The number of hydrogen-bond acceptors (Lipinski definition) is 5. The first kappa shape index (κ1) is 17.9. The van der Waals surface area contributed by atoms with Crippen molar-refractivity contribution >= 4 is 16.7 Å². The van der Waals surface area contributed by atoms with Crippen molar-refractivity contribution in [2.45, 2.75) is 44.7 Å². The van der Waals surface area contributed by atoms with E-state index in [1.54, 1.807) is 6.33 Å². The van der Waals surface area contributed by atoms with E-state index in [4.69, 9.17) is 0 Å². The van der Waals surface area contributed by atoms with E-state index >= 15 is 0 Å². The maximum atomic E-state index is 4.57. The van der Waals surface area contributed by atoms with E-state index in [1.165, 1.54) is 42.4 Å². The van der Waals surface area contributed by atoms with Gasteiger partial charge >= 0.3 is 0 Å². The lowest BCUT2D eigenvalue weighted by atomic mass is 9.90. The minimum atomic E-state index is 0.477. The van der Waals surface area contributed by atoms with Gasteiger partial charge in [0.05, 0.1) is 5.52 Å². The lowest BCUT2D eigenvalue weighted by molar-refractivity contribution is 0.221. The van der Waals surface area contributed by atoms with Crippen LogP contribution >= 0.6 is 0 Å². The second kappa shape index (κ2) is 7.61. The van der Waals surface area contributed by atoms with Crippen molar-refractivity contribution in [1.29, 1.82) is 0 Å². The molecule has 2 heterocycles. The summed E-state index contributed by atoms with van der Waals surface area (Å²) in [5.74, 6) is 0.946. The third kappa shape index (κ3) is 3.78. The first-order valence-corrected chi connectivity index (χ1v) is 9.70. The summed E-state index contributed by atoms with van der Waals surface area (Å²) in [6, 6.07) is 9.66. The van der Waals surface area contributed by atoms with E-state index in [0.29, 0.717) is 12.1 Å². The normalized spacial score (nSPS) is 20.1. The van der Waals surface area contributed by atoms with Crippen molar-refractivity contribution in [3.63, 3.8) is 0 Å². The Labute approximate surface area is 160 Å². The lowest BCUT2D eigenvalue weighted by Crippen LogP contribution is -2.36. The third-order valence-corrected chi connectivity index (χ3v) is 5.73. The number of nitrogens with one attached hydrogen (secondary N) is 1. The van der Waals surface area contributed by atoms with Crippen LogP contribution in [-0.2, 0) is 0 Å². The second-order valence-corrected chi connectivity index (χ2v) is 7.76. The molecule has 4 rings (SSSR count). The largest absolute Gasteiger partial charge is 0.367 e. The number of benzene rings is 1. The molecule has 2 aromatic heterocycles. The molecular weight excluding hydrogens is 334 g/mol. The maximum absolute atomic E-state index is 4.57. The Bertz CT molecular complexity index is 929. The number of nitrogens with zero attached hydrogens (tertiary/aromatic N) is 4. The van der Waals surface area contributed by atoms with E-state index in [2.05, 4.69) is 70.5 Å². The van der Waals surface area contributed by atoms with Crippen molar-refractivity contribution < 1.29 is 0 Å². The van der Waals surface area contributed by atoms with Gasteiger partial charge in [-0.2, -0.15) is 0 Å². The summed E-state index contributed by atoms with van der Waals surface area (Å²) in [6.07, 6.45) is 10.2. The van der Waals surface area contributed by atoms with E-state index < -0.39 is 0 Å². The topological polar surface area (TPSA) is 53.9 Å². The monoisotopic (exact) mass is 361 g/mol. The highest BCUT2D eigenvalue weighted by atomic mass is 15.1. The minimum Gasteiger partial charge on any atom is -0.367 e. The van der Waals surface area contributed by atoms with Gasteiger partial charge in [0.2, 0.25) is 0 Å². The van der Waals surface area contributed by atoms with Gasteiger partial charge in [-0.15, -0.1) is 0 Å². The summed E-state index contributed by atoms with van der Waals surface area (Å²) < 4.78 is 0. The van der Waals surface area contributed by atoms with Gasteiger partial charge < -0.3 is 10.2 Å². The Morgan fingerprint density at radius 2 is 1.85 bits per heavy atom. The molecule has 0 unspecified atom stereocenters. The highest BCUT2D eigenvalue weighted by molar-refractivity contribution is 5.92. The van der Waals surface area contributed by atoms with E-state index in [0.717, 1.165) is 16.7 Å². The van der Waals surface area contributed by atoms with Gasteiger partial charge in [-0.05, 0) is 81.6 Å². The average Bonchev–Trinajstić information content (AvgIpc) is 2.69. The summed E-state index contributed by atoms with van der Waals surface area (Å²) in [5.41, 5.74) is 4.53. The fourth-order valence-corrected chi connectivity index (χ4v) is 4.07. The van der Waals surface area contributed by atoms with Gasteiger partial charge in [0.15, 0.2) is 0 Å². The molecule has 0 aliphatic heterocycles. The molecule has 1 saturated carbocycles. The average molecular weight is 361 g/mol. The number of hydrogen-bond donors (Lipinski definition) is 1. The molecule has 0 saturated heterocycles. The predicted molar refractivity (Wildman–Crippen MR) is 111 cm³/mol. The molecule has 1 aromatic carbocycles. The fourth-order valence-electron chi connectivity index (χ4n) is 4.07. The number of aryl methyl sites for hydroxylation is 1. The van der Waals surface area contributed by atoms with E-state index in [1.807, 2.05) is 12.4 Å². The quantitative estimate of drug-likeness (QED) is 0.751. The van der Waals surface area contributed by atoms with E-state index in [-0.39, 0.29) is 0 Å². The maximum Gasteiger partial charge on any atom is 0.137 e. The lowest BCUT2D eigenvalue weighted by Gasteiger charge is -2.33. The number of fused-ring (bicyclic) bond motifs is 1. The SMILES string of the molecule is Cc1cnccc1-c1ccc2ncnc(NC3CCC(N(C)C)CC3)c2c1. The van der Waals surface area contributed by atoms with Crippen molar-refractivity contribution in [1.82, 2.24) is 19.9 Å². The standard InChI is InChI=1S/C22H27N5/c1-15-13-23-11-10-19(15)16-4-9-21-20(12-16)22(25-14-24-21)26-17-5-7-18(8-6-17)27(2)3/h4,9-14,17-18H,5-8H2,1-3H3,(H,24,25,26). The molecular formula is C22H27N5. The Balaban J connectivity index is 1.62. The molecule has 1 N–H and O–H groups in total. The molecule has 1 aliphatic carbocycles. The predicted octanol–water partition coefficient (Wildman–Crippen LogP) is 4.28. The Morgan fingerprint density at radius 1 is 1.04 bits per heavy atom. The van der Waals surface area contributed by atoms with Crippen molar-refractivity contribution in [2.24, 2.45) is 0 Å². The smallest absolute Gasteiger partial charge is 0.137 e.